The molecule has 0 aliphatic carbocycles. The lowest BCUT2D eigenvalue weighted by Gasteiger charge is -2.15. The van der Waals surface area contributed by atoms with Crippen LogP contribution in [0.15, 0.2) is 52.3 Å². The van der Waals surface area contributed by atoms with Gasteiger partial charge in [-0.15, -0.1) is 0 Å². The predicted octanol–water partition coefficient (Wildman–Crippen LogP) is 1.28. The lowest BCUT2D eigenvalue weighted by Crippen LogP contribution is -2.42. The van der Waals surface area contributed by atoms with Gasteiger partial charge in [0, 0.05) is 19.8 Å². The molecule has 0 aliphatic rings. The molecular formula is C20H24N6O3. The molecule has 2 heterocycles. The number of rotatable bonds is 6. The number of benzene rings is 1. The highest BCUT2D eigenvalue weighted by atomic mass is 16.2. The van der Waals surface area contributed by atoms with Crippen LogP contribution >= 0.6 is 0 Å². The molecule has 9 heteroatoms. The second-order valence-electron chi connectivity index (χ2n) is 7.28. The molecule has 0 fully saturated rings. The molecule has 0 saturated carbocycles. The number of carbonyl (C=O) groups excluding carboxylic acids is 1. The van der Waals surface area contributed by atoms with E-state index in [-0.39, 0.29) is 29.5 Å². The smallest absolute Gasteiger partial charge is 0.332 e. The van der Waals surface area contributed by atoms with E-state index in [9.17, 15) is 14.4 Å². The molecule has 29 heavy (non-hydrogen) atoms. The summed E-state index contributed by atoms with van der Waals surface area (Å²) < 4.78 is 3.86. The summed E-state index contributed by atoms with van der Waals surface area (Å²) in [6.45, 7) is 4.52. The third-order valence-corrected chi connectivity index (χ3v) is 4.46. The molecule has 0 unspecified atom stereocenters. The Morgan fingerprint density at radius 3 is 2.55 bits per heavy atom. The van der Waals surface area contributed by atoms with Crippen molar-refractivity contribution in [1.82, 2.24) is 18.9 Å². The van der Waals surface area contributed by atoms with E-state index in [1.54, 1.807) is 10.9 Å². The monoisotopic (exact) mass is 396 g/mol. The van der Waals surface area contributed by atoms with Crippen LogP contribution in [0.1, 0.15) is 29.8 Å². The Balaban J connectivity index is 1.87. The molecule has 3 rings (SSSR count). The van der Waals surface area contributed by atoms with Gasteiger partial charge in [0.2, 0.25) is 0 Å². The van der Waals surface area contributed by atoms with Crippen molar-refractivity contribution in [3.8, 4) is 0 Å². The van der Waals surface area contributed by atoms with Crippen LogP contribution in [0.25, 0.3) is 0 Å². The first kappa shape index (κ1) is 20.1. The minimum atomic E-state index is -0.621. The zero-order valence-electron chi connectivity index (χ0n) is 16.6. The Bertz CT molecular complexity index is 1140. The first-order valence-corrected chi connectivity index (χ1v) is 9.25. The minimum Gasteiger partial charge on any atom is -0.383 e. The largest absolute Gasteiger partial charge is 0.383 e. The van der Waals surface area contributed by atoms with Crippen molar-refractivity contribution in [1.29, 1.82) is 0 Å². The molecule has 0 bridgehead atoms. The number of hydrogen-bond acceptors (Lipinski definition) is 5. The van der Waals surface area contributed by atoms with Gasteiger partial charge in [-0.05, 0) is 11.5 Å². The van der Waals surface area contributed by atoms with Crippen molar-refractivity contribution in [3.63, 3.8) is 0 Å². The molecule has 3 N–H and O–H groups in total. The minimum absolute atomic E-state index is 0.0730. The van der Waals surface area contributed by atoms with Crippen LogP contribution in [-0.4, -0.2) is 24.8 Å². The number of aromatic nitrogens is 4. The molecule has 0 aliphatic heterocycles. The van der Waals surface area contributed by atoms with Crippen molar-refractivity contribution in [2.24, 2.45) is 13.0 Å². The molecule has 0 spiro atoms. The summed E-state index contributed by atoms with van der Waals surface area (Å²) >= 11 is 0. The Morgan fingerprint density at radius 1 is 1.21 bits per heavy atom. The Hall–Kier alpha value is -3.62. The second-order valence-corrected chi connectivity index (χ2v) is 7.28. The van der Waals surface area contributed by atoms with Gasteiger partial charge < -0.3 is 11.1 Å². The van der Waals surface area contributed by atoms with E-state index in [0.29, 0.717) is 6.54 Å². The Kier molecular flexibility index (Phi) is 5.67. The van der Waals surface area contributed by atoms with E-state index in [0.717, 1.165) is 14.7 Å². The summed E-state index contributed by atoms with van der Waals surface area (Å²) in [5, 5.41) is 6.74. The standard InChI is InChI=1S/C20H24N6O3/c1-13(2)10-26-19(28)16(17(21)24(3)20(26)29)23-18(27)15-9-22-25(12-15)11-14-7-5-4-6-8-14/h4-9,12-13H,10-11,21H2,1-3H3,(H,23,27). The van der Waals surface area contributed by atoms with E-state index in [2.05, 4.69) is 10.4 Å². The summed E-state index contributed by atoms with van der Waals surface area (Å²) in [6.07, 6.45) is 3.01. The summed E-state index contributed by atoms with van der Waals surface area (Å²) in [5.74, 6) is -0.545. The van der Waals surface area contributed by atoms with Crippen LogP contribution in [-0.2, 0) is 20.1 Å². The first-order valence-electron chi connectivity index (χ1n) is 9.25. The molecule has 152 valence electrons. The number of nitrogens with one attached hydrogen (secondary N) is 1. The highest BCUT2D eigenvalue weighted by Crippen LogP contribution is 2.12. The molecule has 3 aromatic rings. The van der Waals surface area contributed by atoms with E-state index in [4.69, 9.17) is 5.73 Å². The molecule has 9 nitrogen and oxygen atoms in total. The van der Waals surface area contributed by atoms with Gasteiger partial charge >= 0.3 is 5.69 Å². The number of carbonyl (C=O) groups is 1. The van der Waals surface area contributed by atoms with Crippen molar-refractivity contribution >= 4 is 17.4 Å². The molecule has 0 radical (unpaired) electrons. The number of nitrogen functional groups attached to an aromatic ring is 1. The fourth-order valence-electron chi connectivity index (χ4n) is 2.95. The van der Waals surface area contributed by atoms with Gasteiger partial charge in [0.25, 0.3) is 11.5 Å². The molecule has 1 amide bonds. The third-order valence-electron chi connectivity index (χ3n) is 4.46. The number of nitrogens with zero attached hydrogens (tertiary/aromatic N) is 4. The topological polar surface area (TPSA) is 117 Å². The number of amides is 1. The lowest BCUT2D eigenvalue weighted by atomic mass is 10.2. The van der Waals surface area contributed by atoms with Crippen LogP contribution in [0.2, 0.25) is 0 Å². The zero-order valence-corrected chi connectivity index (χ0v) is 16.6. The van der Waals surface area contributed by atoms with Crippen LogP contribution in [0.5, 0.6) is 0 Å². The van der Waals surface area contributed by atoms with Gasteiger partial charge in [0.05, 0.1) is 18.3 Å². The third kappa shape index (κ3) is 4.29. The lowest BCUT2D eigenvalue weighted by molar-refractivity contribution is 0.102. The maximum atomic E-state index is 12.7. The van der Waals surface area contributed by atoms with E-state index in [1.807, 2.05) is 44.2 Å². The molecule has 2 aromatic heterocycles. The molecule has 0 atom stereocenters. The highest BCUT2D eigenvalue weighted by molar-refractivity contribution is 6.05. The molecular weight excluding hydrogens is 372 g/mol. The number of nitrogens with two attached hydrogens (primary N) is 1. The summed E-state index contributed by atoms with van der Waals surface area (Å²) in [6, 6.07) is 9.71. The van der Waals surface area contributed by atoms with Crippen LogP contribution < -0.4 is 22.3 Å². The van der Waals surface area contributed by atoms with Gasteiger partial charge in [-0.3, -0.25) is 23.4 Å². The fourth-order valence-corrected chi connectivity index (χ4v) is 2.95. The van der Waals surface area contributed by atoms with Crippen molar-refractivity contribution in [2.75, 3.05) is 11.1 Å². The normalized spacial score (nSPS) is 11.0. The van der Waals surface area contributed by atoms with Crippen molar-refractivity contribution in [3.05, 3.63) is 74.7 Å². The van der Waals surface area contributed by atoms with Crippen LogP contribution in [0.4, 0.5) is 11.5 Å². The van der Waals surface area contributed by atoms with Gasteiger partial charge in [-0.1, -0.05) is 44.2 Å². The molecule has 1 aromatic carbocycles. The van der Waals surface area contributed by atoms with Gasteiger partial charge in [-0.2, -0.15) is 5.10 Å². The predicted molar refractivity (Wildman–Crippen MR) is 111 cm³/mol. The van der Waals surface area contributed by atoms with Gasteiger partial charge in [0.1, 0.15) is 11.5 Å². The van der Waals surface area contributed by atoms with Gasteiger partial charge in [-0.25, -0.2) is 4.79 Å². The first-order chi connectivity index (χ1) is 13.8. The Labute approximate surface area is 167 Å². The second kappa shape index (κ2) is 8.17. The summed E-state index contributed by atoms with van der Waals surface area (Å²) in [7, 11) is 1.46. The number of anilines is 2. The maximum Gasteiger partial charge on any atom is 0.332 e. The average molecular weight is 396 g/mol. The van der Waals surface area contributed by atoms with Gasteiger partial charge in [0.15, 0.2) is 0 Å². The van der Waals surface area contributed by atoms with Crippen molar-refractivity contribution in [2.45, 2.75) is 26.9 Å². The van der Waals surface area contributed by atoms with Crippen molar-refractivity contribution < 1.29 is 4.79 Å². The quantitative estimate of drug-likeness (QED) is 0.651. The van der Waals surface area contributed by atoms with Crippen LogP contribution in [0, 0.1) is 5.92 Å². The fraction of sp³-hybridized carbons (Fsp3) is 0.300. The maximum absolute atomic E-state index is 12.7. The SMILES string of the molecule is CC(C)Cn1c(=O)c(NC(=O)c2cnn(Cc3ccccc3)c2)c(N)n(C)c1=O. The zero-order chi connectivity index (χ0) is 21.1. The van der Waals surface area contributed by atoms with E-state index >= 15 is 0 Å². The molecule has 0 saturated heterocycles. The highest BCUT2D eigenvalue weighted by Gasteiger charge is 2.19. The average Bonchev–Trinajstić information content (AvgIpc) is 3.16. The Morgan fingerprint density at radius 2 is 1.90 bits per heavy atom. The van der Waals surface area contributed by atoms with Crippen LogP contribution in [0.3, 0.4) is 0 Å². The number of hydrogen-bond donors (Lipinski definition) is 2. The van der Waals surface area contributed by atoms with E-state index in [1.165, 1.54) is 13.2 Å². The summed E-state index contributed by atoms with van der Waals surface area (Å²) in [5.41, 5.74) is 6.00. The van der Waals surface area contributed by atoms with E-state index < -0.39 is 17.2 Å². The summed E-state index contributed by atoms with van der Waals surface area (Å²) in [4.78, 5) is 37.8.